The Labute approximate surface area is 126 Å². The van der Waals surface area contributed by atoms with Crippen molar-refractivity contribution < 1.29 is 4.79 Å². The van der Waals surface area contributed by atoms with Crippen molar-refractivity contribution in [3.05, 3.63) is 24.5 Å². The first-order valence-electron chi connectivity index (χ1n) is 6.14. The molecule has 1 aromatic heterocycles. The number of carbonyl (C=O) groups is 1. The standard InChI is InChI=1S/C13H19N3O.2ClH/c1-16(12-3-2-7-14-10-12)13(17)5-4-11-6-8-15-9-11;;/h2-3,7,10-11,15H,4-6,8-9H2,1H3;2*1H. The molecule has 1 unspecified atom stereocenters. The highest BCUT2D eigenvalue weighted by Gasteiger charge is 2.17. The van der Waals surface area contributed by atoms with Crippen molar-refractivity contribution in [1.29, 1.82) is 0 Å². The first-order valence-corrected chi connectivity index (χ1v) is 6.14. The fourth-order valence-corrected chi connectivity index (χ4v) is 2.15. The second-order valence-corrected chi connectivity index (χ2v) is 4.56. The van der Waals surface area contributed by atoms with E-state index in [4.69, 9.17) is 0 Å². The molecule has 1 aromatic rings. The van der Waals surface area contributed by atoms with Gasteiger partial charge in [0.15, 0.2) is 0 Å². The van der Waals surface area contributed by atoms with E-state index in [1.54, 1.807) is 17.3 Å². The number of nitrogens with one attached hydrogen (secondary N) is 1. The Kier molecular flexibility index (Phi) is 8.72. The molecule has 4 nitrogen and oxygen atoms in total. The maximum absolute atomic E-state index is 12.0. The summed E-state index contributed by atoms with van der Waals surface area (Å²) in [5.74, 6) is 0.839. The number of halogens is 2. The lowest BCUT2D eigenvalue weighted by Gasteiger charge is -2.17. The topological polar surface area (TPSA) is 45.2 Å². The predicted octanol–water partition coefficient (Wildman–Crippen LogP) is 2.28. The fraction of sp³-hybridized carbons (Fsp3) is 0.538. The summed E-state index contributed by atoms with van der Waals surface area (Å²) in [4.78, 5) is 17.7. The van der Waals surface area contributed by atoms with Gasteiger partial charge in [0.25, 0.3) is 0 Å². The zero-order valence-electron chi connectivity index (χ0n) is 11.0. The molecule has 1 fully saturated rings. The van der Waals surface area contributed by atoms with Crippen LogP contribution in [0.2, 0.25) is 0 Å². The Morgan fingerprint density at radius 1 is 1.53 bits per heavy atom. The van der Waals surface area contributed by atoms with E-state index < -0.39 is 0 Å². The summed E-state index contributed by atoms with van der Waals surface area (Å²) < 4.78 is 0. The van der Waals surface area contributed by atoms with Crippen molar-refractivity contribution in [2.24, 2.45) is 5.92 Å². The number of hydrogen-bond donors (Lipinski definition) is 1. The quantitative estimate of drug-likeness (QED) is 0.928. The smallest absolute Gasteiger partial charge is 0.226 e. The van der Waals surface area contributed by atoms with E-state index in [1.807, 2.05) is 19.2 Å². The van der Waals surface area contributed by atoms with Crippen LogP contribution in [0.3, 0.4) is 0 Å². The molecule has 108 valence electrons. The van der Waals surface area contributed by atoms with E-state index >= 15 is 0 Å². The molecule has 2 rings (SSSR count). The molecule has 0 aliphatic carbocycles. The van der Waals surface area contributed by atoms with Crippen molar-refractivity contribution in [1.82, 2.24) is 10.3 Å². The Bertz CT molecular complexity index is 369. The van der Waals surface area contributed by atoms with Gasteiger partial charge in [0.05, 0.1) is 11.9 Å². The normalized spacial score (nSPS) is 17.2. The number of carbonyl (C=O) groups excluding carboxylic acids is 1. The largest absolute Gasteiger partial charge is 0.316 e. The van der Waals surface area contributed by atoms with Gasteiger partial charge in [-0.05, 0) is 44.0 Å². The van der Waals surface area contributed by atoms with Crippen LogP contribution < -0.4 is 10.2 Å². The second kappa shape index (κ2) is 9.13. The number of pyridine rings is 1. The van der Waals surface area contributed by atoms with Crippen LogP contribution in [-0.2, 0) is 4.79 Å². The van der Waals surface area contributed by atoms with E-state index in [9.17, 15) is 4.79 Å². The van der Waals surface area contributed by atoms with E-state index in [-0.39, 0.29) is 30.7 Å². The van der Waals surface area contributed by atoms with Crippen molar-refractivity contribution in [2.75, 3.05) is 25.0 Å². The fourth-order valence-electron chi connectivity index (χ4n) is 2.15. The minimum absolute atomic E-state index is 0. The Morgan fingerprint density at radius 3 is 2.89 bits per heavy atom. The lowest BCUT2D eigenvalue weighted by Crippen LogP contribution is -2.26. The molecule has 2 heterocycles. The molecule has 1 amide bonds. The van der Waals surface area contributed by atoms with Crippen LogP contribution in [0.5, 0.6) is 0 Å². The molecule has 1 aliphatic rings. The number of hydrogen-bond acceptors (Lipinski definition) is 3. The molecule has 1 atom stereocenters. The summed E-state index contributed by atoms with van der Waals surface area (Å²) in [6.45, 7) is 2.15. The molecule has 0 spiro atoms. The van der Waals surface area contributed by atoms with Crippen molar-refractivity contribution >= 4 is 36.4 Å². The minimum Gasteiger partial charge on any atom is -0.316 e. The van der Waals surface area contributed by atoms with Crippen LogP contribution in [0.4, 0.5) is 5.69 Å². The Morgan fingerprint density at radius 2 is 2.32 bits per heavy atom. The van der Waals surface area contributed by atoms with Crippen LogP contribution in [0.1, 0.15) is 19.3 Å². The molecule has 19 heavy (non-hydrogen) atoms. The van der Waals surface area contributed by atoms with E-state index in [0.29, 0.717) is 12.3 Å². The zero-order chi connectivity index (χ0) is 12.1. The predicted molar refractivity (Wildman–Crippen MR) is 82.4 cm³/mol. The number of amides is 1. The first kappa shape index (κ1) is 18.2. The minimum atomic E-state index is 0. The Hall–Kier alpha value is -0.840. The van der Waals surface area contributed by atoms with Crippen LogP contribution in [0, 0.1) is 5.92 Å². The van der Waals surface area contributed by atoms with E-state index in [2.05, 4.69) is 10.3 Å². The first-order chi connectivity index (χ1) is 8.27. The van der Waals surface area contributed by atoms with Gasteiger partial charge < -0.3 is 10.2 Å². The molecule has 1 saturated heterocycles. The van der Waals surface area contributed by atoms with Crippen LogP contribution in [-0.4, -0.2) is 31.0 Å². The summed E-state index contributed by atoms with van der Waals surface area (Å²) in [6.07, 6.45) is 6.24. The number of aromatic nitrogens is 1. The van der Waals surface area contributed by atoms with E-state index in [1.165, 1.54) is 6.42 Å². The highest BCUT2D eigenvalue weighted by molar-refractivity contribution is 5.92. The second-order valence-electron chi connectivity index (χ2n) is 4.56. The van der Waals surface area contributed by atoms with Crippen LogP contribution in [0.15, 0.2) is 24.5 Å². The number of rotatable bonds is 4. The van der Waals surface area contributed by atoms with Gasteiger partial charge in [0.1, 0.15) is 0 Å². The van der Waals surface area contributed by atoms with Crippen molar-refractivity contribution in [3.63, 3.8) is 0 Å². The molecule has 0 radical (unpaired) electrons. The zero-order valence-corrected chi connectivity index (χ0v) is 12.7. The van der Waals surface area contributed by atoms with Gasteiger partial charge in [-0.25, -0.2) is 0 Å². The molecular formula is C13H21Cl2N3O. The maximum Gasteiger partial charge on any atom is 0.226 e. The van der Waals surface area contributed by atoms with E-state index in [0.717, 1.165) is 25.2 Å². The summed E-state index contributed by atoms with van der Waals surface area (Å²) in [6, 6.07) is 3.75. The van der Waals surface area contributed by atoms with Gasteiger partial charge in [-0.15, -0.1) is 24.8 Å². The van der Waals surface area contributed by atoms with Crippen molar-refractivity contribution in [3.8, 4) is 0 Å². The van der Waals surface area contributed by atoms with Gasteiger partial charge in [-0.3, -0.25) is 9.78 Å². The lowest BCUT2D eigenvalue weighted by atomic mass is 10.0. The van der Waals surface area contributed by atoms with Gasteiger partial charge in [-0.2, -0.15) is 0 Å². The SMILES string of the molecule is CN(C(=O)CCC1CCNC1)c1cccnc1.Cl.Cl. The summed E-state index contributed by atoms with van der Waals surface area (Å²) in [7, 11) is 1.81. The average molecular weight is 306 g/mol. The maximum atomic E-state index is 12.0. The molecule has 0 saturated carbocycles. The van der Waals surface area contributed by atoms with Crippen LogP contribution in [0.25, 0.3) is 0 Å². The molecule has 0 bridgehead atoms. The summed E-state index contributed by atoms with van der Waals surface area (Å²) in [5, 5.41) is 3.32. The third-order valence-electron chi connectivity index (χ3n) is 3.34. The summed E-state index contributed by atoms with van der Waals surface area (Å²) in [5.41, 5.74) is 0.863. The third kappa shape index (κ3) is 5.35. The molecule has 1 N–H and O–H groups in total. The lowest BCUT2D eigenvalue weighted by molar-refractivity contribution is -0.118. The number of nitrogens with zero attached hydrogens (tertiary/aromatic N) is 2. The third-order valence-corrected chi connectivity index (χ3v) is 3.34. The highest BCUT2D eigenvalue weighted by Crippen LogP contribution is 2.17. The van der Waals surface area contributed by atoms with Gasteiger partial charge in [0, 0.05) is 19.7 Å². The van der Waals surface area contributed by atoms with Gasteiger partial charge >= 0.3 is 0 Å². The number of anilines is 1. The van der Waals surface area contributed by atoms with Crippen LogP contribution >= 0.6 is 24.8 Å². The monoisotopic (exact) mass is 305 g/mol. The summed E-state index contributed by atoms with van der Waals surface area (Å²) >= 11 is 0. The Balaban J connectivity index is 0.00000162. The molecule has 1 aliphatic heterocycles. The highest BCUT2D eigenvalue weighted by atomic mass is 35.5. The molecule has 0 aromatic carbocycles. The molecule has 6 heteroatoms. The van der Waals surface area contributed by atoms with Gasteiger partial charge in [0.2, 0.25) is 5.91 Å². The van der Waals surface area contributed by atoms with Gasteiger partial charge in [-0.1, -0.05) is 0 Å². The average Bonchev–Trinajstić information content (AvgIpc) is 2.89. The van der Waals surface area contributed by atoms with Crippen molar-refractivity contribution in [2.45, 2.75) is 19.3 Å². The molecular weight excluding hydrogens is 285 g/mol.